The summed E-state index contributed by atoms with van der Waals surface area (Å²) < 4.78 is 5.58. The standard InChI is InChI=1S/C28H30N2O3/c1-29-16-17-30(27(31)18-21-10-4-3-5-11-21)20-23(28(29)32)19-22-12-6-7-13-24(22)25-14-8-9-15-26(25)33-2/h3-15,23H,16-20H2,1-2H3/t23-/m0/s1. The number of hydrogen-bond donors (Lipinski definition) is 0. The van der Waals surface area contributed by atoms with E-state index < -0.39 is 0 Å². The molecule has 1 heterocycles. The van der Waals surface area contributed by atoms with Gasteiger partial charge in [0.25, 0.3) is 0 Å². The largest absolute Gasteiger partial charge is 0.496 e. The van der Waals surface area contributed by atoms with Gasteiger partial charge >= 0.3 is 0 Å². The van der Waals surface area contributed by atoms with Gasteiger partial charge in [-0.1, -0.05) is 72.8 Å². The Bertz CT molecular complexity index is 1110. The van der Waals surface area contributed by atoms with Crippen molar-refractivity contribution >= 4 is 11.8 Å². The number of benzene rings is 3. The number of amides is 2. The van der Waals surface area contributed by atoms with Gasteiger partial charge in [0.15, 0.2) is 0 Å². The highest BCUT2D eigenvalue weighted by Crippen LogP contribution is 2.33. The molecule has 1 fully saturated rings. The van der Waals surface area contributed by atoms with Crippen molar-refractivity contribution in [1.29, 1.82) is 0 Å². The summed E-state index contributed by atoms with van der Waals surface area (Å²) in [7, 11) is 3.49. The minimum absolute atomic E-state index is 0.0623. The molecule has 1 aliphatic heterocycles. The molecule has 0 saturated carbocycles. The third kappa shape index (κ3) is 5.25. The SMILES string of the molecule is COc1ccccc1-c1ccccc1C[C@H]1CN(C(=O)Cc2ccccc2)CCN(C)C1=O. The Hall–Kier alpha value is -3.60. The minimum Gasteiger partial charge on any atom is -0.496 e. The zero-order valence-electron chi connectivity index (χ0n) is 19.2. The molecule has 170 valence electrons. The van der Waals surface area contributed by atoms with Crippen LogP contribution < -0.4 is 4.74 Å². The number of hydrogen-bond acceptors (Lipinski definition) is 3. The summed E-state index contributed by atoms with van der Waals surface area (Å²) in [6.45, 7) is 1.53. The van der Waals surface area contributed by atoms with Crippen LogP contribution >= 0.6 is 0 Å². The third-order valence-corrected chi connectivity index (χ3v) is 6.30. The van der Waals surface area contributed by atoms with Crippen molar-refractivity contribution in [2.45, 2.75) is 12.8 Å². The fraction of sp³-hybridized carbons (Fsp3) is 0.286. The molecule has 3 aromatic carbocycles. The first-order valence-electron chi connectivity index (χ1n) is 11.3. The Morgan fingerprint density at radius 3 is 2.33 bits per heavy atom. The van der Waals surface area contributed by atoms with Gasteiger partial charge in [-0.25, -0.2) is 0 Å². The second-order valence-corrected chi connectivity index (χ2v) is 8.52. The van der Waals surface area contributed by atoms with Gasteiger partial charge in [-0.3, -0.25) is 9.59 Å². The highest BCUT2D eigenvalue weighted by atomic mass is 16.5. The number of carbonyl (C=O) groups excluding carboxylic acids is 2. The summed E-state index contributed by atoms with van der Waals surface area (Å²) in [5.41, 5.74) is 4.12. The maximum Gasteiger partial charge on any atom is 0.227 e. The van der Waals surface area contributed by atoms with Gasteiger partial charge in [0.05, 0.1) is 19.4 Å². The Morgan fingerprint density at radius 2 is 1.58 bits per heavy atom. The van der Waals surface area contributed by atoms with Crippen molar-refractivity contribution in [1.82, 2.24) is 9.80 Å². The molecule has 1 saturated heterocycles. The first kappa shape index (κ1) is 22.6. The Morgan fingerprint density at radius 1 is 0.909 bits per heavy atom. The lowest BCUT2D eigenvalue weighted by Gasteiger charge is -2.24. The maximum absolute atomic E-state index is 13.2. The van der Waals surface area contributed by atoms with Crippen LogP contribution in [0, 0.1) is 5.92 Å². The summed E-state index contributed by atoms with van der Waals surface area (Å²) in [5.74, 6) is 0.647. The highest BCUT2D eigenvalue weighted by molar-refractivity contribution is 5.83. The van der Waals surface area contributed by atoms with E-state index in [2.05, 4.69) is 12.1 Å². The van der Waals surface area contributed by atoms with E-state index in [1.807, 2.05) is 78.7 Å². The van der Waals surface area contributed by atoms with Gasteiger partial charge in [0.1, 0.15) is 5.75 Å². The predicted octanol–water partition coefficient (Wildman–Crippen LogP) is 4.06. The molecule has 0 aliphatic carbocycles. The average molecular weight is 443 g/mol. The van der Waals surface area contributed by atoms with Crippen LogP contribution in [0.25, 0.3) is 11.1 Å². The van der Waals surface area contributed by atoms with E-state index in [9.17, 15) is 9.59 Å². The van der Waals surface area contributed by atoms with Gasteiger partial charge in [-0.05, 0) is 29.2 Å². The summed E-state index contributed by atoms with van der Waals surface area (Å²) >= 11 is 0. The molecule has 5 heteroatoms. The molecule has 0 N–H and O–H groups in total. The zero-order chi connectivity index (χ0) is 23.2. The van der Waals surface area contributed by atoms with Crippen molar-refractivity contribution in [3.63, 3.8) is 0 Å². The van der Waals surface area contributed by atoms with Crippen LogP contribution in [0.3, 0.4) is 0 Å². The smallest absolute Gasteiger partial charge is 0.227 e. The molecule has 0 radical (unpaired) electrons. The molecule has 0 spiro atoms. The highest BCUT2D eigenvalue weighted by Gasteiger charge is 2.31. The number of likely N-dealkylation sites (N-methyl/N-ethyl adjacent to an activating group) is 1. The van der Waals surface area contributed by atoms with Crippen molar-refractivity contribution < 1.29 is 14.3 Å². The van der Waals surface area contributed by atoms with E-state index in [1.54, 1.807) is 12.0 Å². The van der Waals surface area contributed by atoms with Crippen LogP contribution in [-0.2, 0) is 22.4 Å². The molecule has 3 aromatic rings. The van der Waals surface area contributed by atoms with E-state index in [4.69, 9.17) is 4.74 Å². The molecule has 0 bridgehead atoms. The van der Waals surface area contributed by atoms with Crippen molar-refractivity contribution in [3.05, 3.63) is 90.0 Å². The molecule has 4 rings (SSSR count). The monoisotopic (exact) mass is 442 g/mol. The zero-order valence-corrected chi connectivity index (χ0v) is 19.2. The molecular formula is C28H30N2O3. The Kier molecular flexibility index (Phi) is 7.08. The van der Waals surface area contributed by atoms with Crippen LogP contribution in [0.5, 0.6) is 5.75 Å². The maximum atomic E-state index is 13.2. The van der Waals surface area contributed by atoms with Crippen LogP contribution in [0.2, 0.25) is 0 Å². The Labute approximate surface area is 195 Å². The lowest BCUT2D eigenvalue weighted by atomic mass is 9.91. The van der Waals surface area contributed by atoms with E-state index in [0.717, 1.165) is 28.0 Å². The van der Waals surface area contributed by atoms with Crippen molar-refractivity contribution in [2.24, 2.45) is 5.92 Å². The van der Waals surface area contributed by atoms with E-state index in [0.29, 0.717) is 32.5 Å². The molecule has 1 aliphatic rings. The number of ether oxygens (including phenoxy) is 1. The summed E-state index contributed by atoms with van der Waals surface area (Å²) in [5, 5.41) is 0. The molecule has 33 heavy (non-hydrogen) atoms. The van der Waals surface area contributed by atoms with Gasteiger partial charge in [-0.2, -0.15) is 0 Å². The van der Waals surface area contributed by atoms with Crippen LogP contribution in [-0.4, -0.2) is 55.4 Å². The second kappa shape index (κ2) is 10.3. The number of para-hydroxylation sites is 1. The summed E-state index contributed by atoms with van der Waals surface area (Å²) in [6.07, 6.45) is 0.912. The van der Waals surface area contributed by atoms with Gasteiger partial charge in [-0.15, -0.1) is 0 Å². The number of carbonyl (C=O) groups is 2. The molecular weight excluding hydrogens is 412 g/mol. The summed E-state index contributed by atoms with van der Waals surface area (Å²) in [4.78, 5) is 29.9. The molecule has 1 atom stereocenters. The van der Waals surface area contributed by atoms with Crippen molar-refractivity contribution in [3.8, 4) is 16.9 Å². The van der Waals surface area contributed by atoms with E-state index in [-0.39, 0.29) is 17.7 Å². The van der Waals surface area contributed by atoms with Gasteiger partial charge < -0.3 is 14.5 Å². The molecule has 0 aromatic heterocycles. The number of nitrogens with zero attached hydrogens (tertiary/aromatic N) is 2. The molecule has 2 amide bonds. The van der Waals surface area contributed by atoms with Crippen molar-refractivity contribution in [2.75, 3.05) is 33.8 Å². The molecule has 0 unspecified atom stereocenters. The van der Waals surface area contributed by atoms with Crippen LogP contribution in [0.1, 0.15) is 11.1 Å². The fourth-order valence-electron chi connectivity index (χ4n) is 4.48. The van der Waals surface area contributed by atoms with Gasteiger partial charge in [0.2, 0.25) is 11.8 Å². The number of rotatable bonds is 6. The van der Waals surface area contributed by atoms with E-state index in [1.165, 1.54) is 0 Å². The fourth-order valence-corrected chi connectivity index (χ4v) is 4.48. The van der Waals surface area contributed by atoms with Crippen LogP contribution in [0.4, 0.5) is 0 Å². The Balaban J connectivity index is 1.59. The lowest BCUT2D eigenvalue weighted by molar-refractivity contribution is -0.133. The summed E-state index contributed by atoms with van der Waals surface area (Å²) in [6, 6.07) is 25.8. The van der Waals surface area contributed by atoms with Crippen LogP contribution in [0.15, 0.2) is 78.9 Å². The van der Waals surface area contributed by atoms with E-state index >= 15 is 0 Å². The predicted molar refractivity (Wildman–Crippen MR) is 130 cm³/mol. The first-order chi connectivity index (χ1) is 16.1. The third-order valence-electron chi connectivity index (χ3n) is 6.30. The quantitative estimate of drug-likeness (QED) is 0.578. The number of methoxy groups -OCH3 is 1. The average Bonchev–Trinajstić information content (AvgIpc) is 2.99. The second-order valence-electron chi connectivity index (χ2n) is 8.52. The minimum atomic E-state index is -0.298. The lowest BCUT2D eigenvalue weighted by Crippen LogP contribution is -2.38. The first-order valence-corrected chi connectivity index (χ1v) is 11.3. The molecule has 5 nitrogen and oxygen atoms in total. The normalized spacial score (nSPS) is 16.4. The topological polar surface area (TPSA) is 49.9 Å². The van der Waals surface area contributed by atoms with Gasteiger partial charge in [0, 0.05) is 32.2 Å².